The molecule has 2 atom stereocenters. The second-order valence-electron chi connectivity index (χ2n) is 6.92. The predicted octanol–water partition coefficient (Wildman–Crippen LogP) is 4.91. The maximum Gasteiger partial charge on any atom is 0.417 e. The van der Waals surface area contributed by atoms with E-state index in [1.807, 2.05) is 6.92 Å². The van der Waals surface area contributed by atoms with E-state index >= 15 is 0 Å². The van der Waals surface area contributed by atoms with Crippen molar-refractivity contribution in [3.05, 3.63) is 39.5 Å². The molecule has 1 aliphatic rings. The van der Waals surface area contributed by atoms with Crippen LogP contribution >= 0.6 is 15.9 Å². The molecule has 1 saturated carbocycles. The van der Waals surface area contributed by atoms with Gasteiger partial charge in [-0.1, -0.05) is 0 Å². The Bertz CT molecular complexity index is 945. The number of hydrogen-bond donors (Lipinski definition) is 3. The number of anilines is 3. The van der Waals surface area contributed by atoms with Gasteiger partial charge in [-0.25, -0.2) is 4.98 Å². The van der Waals surface area contributed by atoms with Gasteiger partial charge in [-0.2, -0.15) is 23.4 Å². The molecule has 6 nitrogen and oxygen atoms in total. The molecule has 10 heteroatoms. The number of aliphatic hydroxyl groups excluding tert-OH is 1. The second-order valence-corrected chi connectivity index (χ2v) is 7.71. The van der Waals surface area contributed by atoms with Crippen LogP contribution in [0, 0.1) is 24.2 Å². The lowest BCUT2D eigenvalue weighted by Gasteiger charge is -2.19. The quantitative estimate of drug-likeness (QED) is 0.576. The number of aryl methyl sites for hydroxylation is 1. The Morgan fingerprint density at radius 3 is 2.76 bits per heavy atom. The van der Waals surface area contributed by atoms with E-state index in [9.17, 15) is 23.5 Å². The molecule has 1 aliphatic carbocycles. The first-order chi connectivity index (χ1) is 13.7. The molecule has 1 unspecified atom stereocenters. The number of benzene rings is 1. The second kappa shape index (κ2) is 8.55. The van der Waals surface area contributed by atoms with E-state index in [0.717, 1.165) is 30.9 Å². The van der Waals surface area contributed by atoms with Crippen molar-refractivity contribution in [2.45, 2.75) is 45.0 Å². The molecular formula is C19H19BrF3N5O. The minimum absolute atomic E-state index is 0.0213. The summed E-state index contributed by atoms with van der Waals surface area (Å²) >= 11 is 2.90. The van der Waals surface area contributed by atoms with Crippen LogP contribution in [0.3, 0.4) is 0 Å². The fourth-order valence-electron chi connectivity index (χ4n) is 3.32. The Balaban J connectivity index is 1.88. The van der Waals surface area contributed by atoms with Crippen LogP contribution in [0.5, 0.6) is 0 Å². The highest BCUT2D eigenvalue weighted by molar-refractivity contribution is 9.10. The summed E-state index contributed by atoms with van der Waals surface area (Å²) in [5.74, 6) is 0.544. The summed E-state index contributed by atoms with van der Waals surface area (Å²) in [6, 6.07) is 4.60. The van der Waals surface area contributed by atoms with E-state index in [1.165, 1.54) is 6.07 Å². The topological polar surface area (TPSA) is 93.9 Å². The van der Waals surface area contributed by atoms with Crippen molar-refractivity contribution < 1.29 is 18.3 Å². The molecule has 154 valence electrons. The van der Waals surface area contributed by atoms with E-state index in [-0.39, 0.29) is 33.6 Å². The molecule has 1 heterocycles. The molecule has 1 fully saturated rings. The highest BCUT2D eigenvalue weighted by Gasteiger charge is 2.34. The average Bonchev–Trinajstić information content (AvgIpc) is 3.12. The lowest BCUT2D eigenvalue weighted by Crippen LogP contribution is -2.24. The van der Waals surface area contributed by atoms with Crippen molar-refractivity contribution in [2.24, 2.45) is 5.92 Å². The van der Waals surface area contributed by atoms with Gasteiger partial charge in [0.05, 0.1) is 24.2 Å². The Labute approximate surface area is 174 Å². The van der Waals surface area contributed by atoms with Crippen LogP contribution in [-0.2, 0) is 12.8 Å². The lowest BCUT2D eigenvalue weighted by molar-refractivity contribution is -0.138. The van der Waals surface area contributed by atoms with Crippen LogP contribution in [0.25, 0.3) is 0 Å². The predicted molar refractivity (Wildman–Crippen MR) is 105 cm³/mol. The molecule has 0 aliphatic heterocycles. The molecule has 0 spiro atoms. The Kier molecular flexibility index (Phi) is 6.29. The van der Waals surface area contributed by atoms with Crippen molar-refractivity contribution in [3.63, 3.8) is 0 Å². The summed E-state index contributed by atoms with van der Waals surface area (Å²) in [7, 11) is 0. The van der Waals surface area contributed by atoms with Crippen LogP contribution in [0.1, 0.15) is 36.0 Å². The van der Waals surface area contributed by atoms with Crippen molar-refractivity contribution in [2.75, 3.05) is 10.6 Å². The number of halogens is 4. The summed E-state index contributed by atoms with van der Waals surface area (Å²) < 4.78 is 39.7. The monoisotopic (exact) mass is 469 g/mol. The van der Waals surface area contributed by atoms with Gasteiger partial charge in [-0.05, 0) is 59.8 Å². The Hall–Kier alpha value is -2.38. The van der Waals surface area contributed by atoms with Gasteiger partial charge >= 0.3 is 6.18 Å². The number of nitrogens with one attached hydrogen (secondary N) is 2. The van der Waals surface area contributed by atoms with Gasteiger partial charge < -0.3 is 15.7 Å². The van der Waals surface area contributed by atoms with Crippen molar-refractivity contribution >= 4 is 33.4 Å². The molecule has 0 radical (unpaired) electrons. The third-order valence-electron chi connectivity index (χ3n) is 4.86. The van der Waals surface area contributed by atoms with Gasteiger partial charge in [-0.15, -0.1) is 0 Å². The summed E-state index contributed by atoms with van der Waals surface area (Å²) in [5.41, 5.74) is 0.0625. The standard InChI is InChI=1S/C19H19BrF3N5O/c1-10-8-25-18(28-17(10)27-15-4-2-3-11(15)7-24)26-13-5-12(9-29)16(20)14(6-13)19(21,22)23/h5-6,8,11,15,29H,2-4,9H2,1H3,(H2,25,26,27,28)/t11?,15-/m0/s1. The molecule has 1 aromatic carbocycles. The summed E-state index contributed by atoms with van der Waals surface area (Å²) in [6.45, 7) is 1.26. The molecule has 1 aromatic heterocycles. The lowest BCUT2D eigenvalue weighted by atomic mass is 10.1. The van der Waals surface area contributed by atoms with Crippen LogP contribution in [0.2, 0.25) is 0 Å². The van der Waals surface area contributed by atoms with Gasteiger partial charge in [0.1, 0.15) is 5.82 Å². The van der Waals surface area contributed by atoms with Crippen LogP contribution in [-0.4, -0.2) is 21.1 Å². The molecule has 0 saturated heterocycles. The summed E-state index contributed by atoms with van der Waals surface area (Å²) in [5, 5.41) is 24.7. The first-order valence-electron chi connectivity index (χ1n) is 9.00. The third-order valence-corrected chi connectivity index (χ3v) is 5.79. The van der Waals surface area contributed by atoms with Crippen molar-refractivity contribution in [1.29, 1.82) is 5.26 Å². The number of aromatic nitrogens is 2. The Morgan fingerprint density at radius 2 is 2.10 bits per heavy atom. The van der Waals surface area contributed by atoms with Crippen LogP contribution in [0.4, 0.5) is 30.6 Å². The number of hydrogen-bond acceptors (Lipinski definition) is 6. The molecule has 3 N–H and O–H groups in total. The number of nitriles is 1. The largest absolute Gasteiger partial charge is 0.417 e. The molecule has 0 bridgehead atoms. The van der Waals surface area contributed by atoms with E-state index in [4.69, 9.17) is 0 Å². The molecule has 2 aromatic rings. The van der Waals surface area contributed by atoms with E-state index in [1.54, 1.807) is 6.20 Å². The SMILES string of the molecule is Cc1cnc(Nc2cc(CO)c(Br)c(C(F)(F)F)c2)nc1N[C@H]1CCCC1C#N. The highest BCUT2D eigenvalue weighted by atomic mass is 79.9. The van der Waals surface area contributed by atoms with Gasteiger partial charge in [0.2, 0.25) is 5.95 Å². The maximum absolute atomic E-state index is 13.3. The van der Waals surface area contributed by atoms with Crippen LogP contribution in [0.15, 0.2) is 22.8 Å². The molecule has 3 rings (SSSR count). The first-order valence-corrected chi connectivity index (χ1v) is 9.79. The first kappa shape index (κ1) is 21.3. The van der Waals surface area contributed by atoms with Gasteiger partial charge in [0, 0.05) is 28.0 Å². The highest BCUT2D eigenvalue weighted by Crippen LogP contribution is 2.39. The maximum atomic E-state index is 13.3. The average molecular weight is 470 g/mol. The minimum Gasteiger partial charge on any atom is -0.392 e. The summed E-state index contributed by atoms with van der Waals surface area (Å²) in [4.78, 5) is 8.51. The van der Waals surface area contributed by atoms with Crippen molar-refractivity contribution in [3.8, 4) is 6.07 Å². The fraction of sp³-hybridized carbons (Fsp3) is 0.421. The minimum atomic E-state index is -4.59. The van der Waals surface area contributed by atoms with E-state index < -0.39 is 18.3 Å². The third kappa shape index (κ3) is 4.79. The van der Waals surface area contributed by atoms with E-state index in [0.29, 0.717) is 5.82 Å². The number of aliphatic hydroxyl groups is 1. The molecule has 0 amide bonds. The van der Waals surface area contributed by atoms with Gasteiger partial charge in [0.15, 0.2) is 0 Å². The fourth-order valence-corrected chi connectivity index (χ4v) is 3.90. The number of alkyl halides is 3. The number of rotatable bonds is 5. The van der Waals surface area contributed by atoms with Crippen LogP contribution < -0.4 is 10.6 Å². The summed E-state index contributed by atoms with van der Waals surface area (Å²) in [6.07, 6.45) is -0.396. The zero-order valence-corrected chi connectivity index (χ0v) is 17.1. The zero-order chi connectivity index (χ0) is 21.2. The van der Waals surface area contributed by atoms with Gasteiger partial charge in [-0.3, -0.25) is 0 Å². The number of nitrogens with zero attached hydrogens (tertiary/aromatic N) is 3. The van der Waals surface area contributed by atoms with Crippen molar-refractivity contribution in [1.82, 2.24) is 9.97 Å². The molecular weight excluding hydrogens is 451 g/mol. The van der Waals surface area contributed by atoms with Gasteiger partial charge in [0.25, 0.3) is 0 Å². The smallest absolute Gasteiger partial charge is 0.392 e. The van der Waals surface area contributed by atoms with E-state index in [2.05, 4.69) is 42.6 Å². The Morgan fingerprint density at radius 1 is 1.34 bits per heavy atom. The normalized spacial score (nSPS) is 19.1. The molecule has 29 heavy (non-hydrogen) atoms. The zero-order valence-electron chi connectivity index (χ0n) is 15.5.